The third-order valence-corrected chi connectivity index (χ3v) is 2.94. The number of pyridine rings is 1. The van der Waals surface area contributed by atoms with Crippen LogP contribution in [0.4, 0.5) is 5.82 Å². The number of nitrogens with one attached hydrogen (secondary N) is 1. The SMILES string of the molecule is CC1(C)C(=O)NC(=O)CN1c1ccc(C#N)cn1. The van der Waals surface area contributed by atoms with E-state index >= 15 is 0 Å². The van der Waals surface area contributed by atoms with Gasteiger partial charge in [0, 0.05) is 6.20 Å². The maximum absolute atomic E-state index is 11.8. The summed E-state index contributed by atoms with van der Waals surface area (Å²) in [5.74, 6) is -0.211. The van der Waals surface area contributed by atoms with Crippen molar-refractivity contribution in [1.82, 2.24) is 10.3 Å². The average Bonchev–Trinajstić information content (AvgIpc) is 2.34. The van der Waals surface area contributed by atoms with Gasteiger partial charge in [-0.2, -0.15) is 5.26 Å². The Morgan fingerprint density at radius 1 is 1.44 bits per heavy atom. The molecule has 0 aromatic carbocycles. The van der Waals surface area contributed by atoms with Gasteiger partial charge in [0.15, 0.2) is 0 Å². The van der Waals surface area contributed by atoms with Crippen LogP contribution in [0.3, 0.4) is 0 Å². The minimum absolute atomic E-state index is 0.0671. The summed E-state index contributed by atoms with van der Waals surface area (Å²) in [4.78, 5) is 28.9. The number of aromatic nitrogens is 1. The number of carbonyl (C=O) groups is 2. The molecule has 0 aliphatic carbocycles. The Labute approximate surface area is 104 Å². The van der Waals surface area contributed by atoms with Gasteiger partial charge in [0.2, 0.25) is 5.91 Å². The lowest BCUT2D eigenvalue weighted by Crippen LogP contribution is -2.64. The Hall–Kier alpha value is -2.42. The van der Waals surface area contributed by atoms with Crippen LogP contribution in [-0.4, -0.2) is 28.9 Å². The van der Waals surface area contributed by atoms with Gasteiger partial charge in [-0.05, 0) is 26.0 Å². The van der Waals surface area contributed by atoms with E-state index in [4.69, 9.17) is 5.26 Å². The van der Waals surface area contributed by atoms with Gasteiger partial charge in [0.1, 0.15) is 17.4 Å². The van der Waals surface area contributed by atoms with E-state index < -0.39 is 5.54 Å². The molecule has 0 unspecified atom stereocenters. The first-order valence-corrected chi connectivity index (χ1v) is 5.43. The highest BCUT2D eigenvalue weighted by molar-refractivity contribution is 6.06. The number of nitrogens with zero attached hydrogens (tertiary/aromatic N) is 3. The summed E-state index contributed by atoms with van der Waals surface area (Å²) in [5, 5.41) is 11.0. The van der Waals surface area contributed by atoms with Crippen molar-refractivity contribution in [3.05, 3.63) is 23.9 Å². The smallest absolute Gasteiger partial charge is 0.251 e. The first-order valence-electron chi connectivity index (χ1n) is 5.43. The van der Waals surface area contributed by atoms with Gasteiger partial charge >= 0.3 is 0 Å². The van der Waals surface area contributed by atoms with Crippen molar-refractivity contribution in [2.75, 3.05) is 11.4 Å². The molecule has 18 heavy (non-hydrogen) atoms. The van der Waals surface area contributed by atoms with E-state index in [1.807, 2.05) is 6.07 Å². The summed E-state index contributed by atoms with van der Waals surface area (Å²) in [6.45, 7) is 3.50. The van der Waals surface area contributed by atoms with Crippen LogP contribution >= 0.6 is 0 Å². The molecule has 1 aliphatic rings. The number of piperazine rings is 1. The molecule has 6 heteroatoms. The lowest BCUT2D eigenvalue weighted by molar-refractivity contribution is -0.135. The highest BCUT2D eigenvalue weighted by atomic mass is 16.2. The van der Waals surface area contributed by atoms with E-state index in [1.165, 1.54) is 6.20 Å². The van der Waals surface area contributed by atoms with Gasteiger partial charge in [0.25, 0.3) is 5.91 Å². The van der Waals surface area contributed by atoms with Gasteiger partial charge in [-0.1, -0.05) is 0 Å². The van der Waals surface area contributed by atoms with E-state index in [9.17, 15) is 9.59 Å². The summed E-state index contributed by atoms with van der Waals surface area (Å²) < 4.78 is 0. The molecule has 0 atom stereocenters. The number of anilines is 1. The second kappa shape index (κ2) is 4.11. The number of imide groups is 1. The Bertz CT molecular complexity index is 542. The van der Waals surface area contributed by atoms with E-state index in [0.29, 0.717) is 11.4 Å². The van der Waals surface area contributed by atoms with Gasteiger partial charge in [-0.15, -0.1) is 0 Å². The Kier molecular flexibility index (Phi) is 2.75. The molecule has 1 saturated heterocycles. The summed E-state index contributed by atoms with van der Waals surface area (Å²) in [7, 11) is 0. The molecule has 0 spiro atoms. The quantitative estimate of drug-likeness (QED) is 0.713. The molecule has 0 radical (unpaired) electrons. The topological polar surface area (TPSA) is 86.1 Å². The third kappa shape index (κ3) is 1.91. The Balaban J connectivity index is 2.38. The lowest BCUT2D eigenvalue weighted by atomic mass is 9.98. The van der Waals surface area contributed by atoms with Gasteiger partial charge in [0.05, 0.1) is 12.1 Å². The second-order valence-electron chi connectivity index (χ2n) is 4.54. The van der Waals surface area contributed by atoms with Crippen LogP contribution in [0.15, 0.2) is 18.3 Å². The summed E-state index contributed by atoms with van der Waals surface area (Å²) in [5.41, 5.74) is -0.418. The van der Waals surface area contributed by atoms with Crippen LogP contribution in [0.5, 0.6) is 0 Å². The van der Waals surface area contributed by atoms with Gasteiger partial charge in [-0.25, -0.2) is 4.98 Å². The van der Waals surface area contributed by atoms with E-state index in [1.54, 1.807) is 30.9 Å². The van der Waals surface area contributed by atoms with Crippen LogP contribution in [0.1, 0.15) is 19.4 Å². The maximum atomic E-state index is 11.8. The monoisotopic (exact) mass is 244 g/mol. The predicted octanol–water partition coefficient (Wildman–Crippen LogP) is 0.195. The highest BCUT2D eigenvalue weighted by Crippen LogP contribution is 2.24. The number of amides is 2. The van der Waals surface area contributed by atoms with E-state index in [2.05, 4.69) is 10.3 Å². The number of hydrogen-bond donors (Lipinski definition) is 1. The molecule has 1 aromatic heterocycles. The average molecular weight is 244 g/mol. The van der Waals surface area contributed by atoms with Crippen molar-refractivity contribution in [2.45, 2.75) is 19.4 Å². The van der Waals surface area contributed by atoms with Crippen molar-refractivity contribution >= 4 is 17.6 Å². The molecule has 0 saturated carbocycles. The Morgan fingerprint density at radius 3 is 2.72 bits per heavy atom. The molecular formula is C12H12N4O2. The van der Waals surface area contributed by atoms with Crippen molar-refractivity contribution in [3.63, 3.8) is 0 Å². The van der Waals surface area contributed by atoms with E-state index in [0.717, 1.165) is 0 Å². The second-order valence-corrected chi connectivity index (χ2v) is 4.54. The fourth-order valence-electron chi connectivity index (χ4n) is 1.76. The van der Waals surface area contributed by atoms with Gasteiger partial charge < -0.3 is 4.90 Å². The number of rotatable bonds is 1. The summed E-state index contributed by atoms with van der Waals surface area (Å²) in [6.07, 6.45) is 1.42. The maximum Gasteiger partial charge on any atom is 0.251 e. The molecule has 0 bridgehead atoms. The molecular weight excluding hydrogens is 232 g/mol. The Morgan fingerprint density at radius 2 is 2.17 bits per heavy atom. The van der Waals surface area contributed by atoms with Crippen molar-refractivity contribution in [1.29, 1.82) is 5.26 Å². The van der Waals surface area contributed by atoms with Crippen LogP contribution in [0.25, 0.3) is 0 Å². The standard InChI is InChI=1S/C12H12N4O2/c1-12(2)11(18)15-10(17)7-16(12)9-4-3-8(5-13)6-14-9/h3-4,6H,7H2,1-2H3,(H,15,17,18). The molecule has 1 aromatic rings. The molecule has 1 fully saturated rings. The molecule has 1 aliphatic heterocycles. The lowest BCUT2D eigenvalue weighted by Gasteiger charge is -2.40. The zero-order valence-corrected chi connectivity index (χ0v) is 10.1. The van der Waals surface area contributed by atoms with Crippen molar-refractivity contribution < 1.29 is 9.59 Å². The zero-order valence-electron chi connectivity index (χ0n) is 10.1. The highest BCUT2D eigenvalue weighted by Gasteiger charge is 2.41. The summed E-state index contributed by atoms with van der Waals surface area (Å²) >= 11 is 0. The number of nitriles is 1. The van der Waals surface area contributed by atoms with Crippen molar-refractivity contribution in [3.8, 4) is 6.07 Å². The van der Waals surface area contributed by atoms with Gasteiger partial charge in [-0.3, -0.25) is 14.9 Å². The molecule has 2 heterocycles. The molecule has 92 valence electrons. The number of carbonyl (C=O) groups excluding carboxylic acids is 2. The predicted molar refractivity (Wildman–Crippen MR) is 63.5 cm³/mol. The fraction of sp³-hybridized carbons (Fsp3) is 0.333. The van der Waals surface area contributed by atoms with Crippen molar-refractivity contribution in [2.24, 2.45) is 0 Å². The van der Waals surface area contributed by atoms with Crippen LogP contribution in [-0.2, 0) is 9.59 Å². The number of hydrogen-bond acceptors (Lipinski definition) is 5. The molecule has 2 rings (SSSR count). The first kappa shape index (κ1) is 12.0. The fourth-order valence-corrected chi connectivity index (χ4v) is 1.76. The summed E-state index contributed by atoms with van der Waals surface area (Å²) in [6, 6.07) is 5.21. The first-order chi connectivity index (χ1) is 8.45. The van der Waals surface area contributed by atoms with Crippen LogP contribution < -0.4 is 10.2 Å². The normalized spacial score (nSPS) is 18.2. The minimum Gasteiger partial charge on any atom is -0.333 e. The molecule has 6 nitrogen and oxygen atoms in total. The third-order valence-electron chi connectivity index (χ3n) is 2.94. The molecule has 2 amide bonds. The van der Waals surface area contributed by atoms with E-state index in [-0.39, 0.29) is 18.4 Å². The minimum atomic E-state index is -0.852. The van der Waals surface area contributed by atoms with Crippen LogP contribution in [0, 0.1) is 11.3 Å². The molecule has 1 N–H and O–H groups in total. The van der Waals surface area contributed by atoms with Crippen LogP contribution in [0.2, 0.25) is 0 Å². The zero-order chi connectivity index (χ0) is 13.3. The largest absolute Gasteiger partial charge is 0.333 e.